The van der Waals surface area contributed by atoms with Crippen LogP contribution in [0.3, 0.4) is 0 Å². The van der Waals surface area contributed by atoms with Gasteiger partial charge in [0.25, 0.3) is 0 Å². The van der Waals surface area contributed by atoms with E-state index in [1.165, 1.54) is 6.07 Å². The first kappa shape index (κ1) is 22.3. The number of amides is 1. The average molecular weight is 457 g/mol. The maximum absolute atomic E-state index is 14.2. The Kier molecular flexibility index (Phi) is 5.76. The van der Waals surface area contributed by atoms with Crippen molar-refractivity contribution in [3.8, 4) is 0 Å². The molecule has 0 radical (unpaired) electrons. The molecule has 0 fully saturated rings. The Morgan fingerprint density at radius 1 is 1.16 bits per heavy atom. The van der Waals surface area contributed by atoms with Gasteiger partial charge in [-0.3, -0.25) is 14.6 Å². The lowest BCUT2D eigenvalue weighted by atomic mass is 9.66. The summed E-state index contributed by atoms with van der Waals surface area (Å²) in [7, 11) is 0. The van der Waals surface area contributed by atoms with Crippen LogP contribution in [0.4, 0.5) is 14.5 Å². The minimum atomic E-state index is -0.881. The number of nitrogens with zero attached hydrogens (tertiary/aromatic N) is 1. The van der Waals surface area contributed by atoms with E-state index in [-0.39, 0.29) is 16.9 Å². The van der Waals surface area contributed by atoms with Gasteiger partial charge in [-0.25, -0.2) is 8.78 Å². The highest BCUT2D eigenvalue weighted by Gasteiger charge is 2.46. The zero-order valence-corrected chi connectivity index (χ0v) is 18.8. The van der Waals surface area contributed by atoms with Crippen LogP contribution in [0.2, 0.25) is 5.02 Å². The van der Waals surface area contributed by atoms with Crippen molar-refractivity contribution in [3.63, 3.8) is 0 Å². The van der Waals surface area contributed by atoms with Gasteiger partial charge in [-0.05, 0) is 42.5 Å². The van der Waals surface area contributed by atoms with Gasteiger partial charge in [-0.15, -0.1) is 0 Å². The monoisotopic (exact) mass is 456 g/mol. The number of ketones is 1. The highest BCUT2D eigenvalue weighted by atomic mass is 35.5. The first-order valence-electron chi connectivity index (χ1n) is 10.4. The summed E-state index contributed by atoms with van der Waals surface area (Å²) in [6, 6.07) is 10.0. The minimum absolute atomic E-state index is 0.0665. The summed E-state index contributed by atoms with van der Waals surface area (Å²) < 4.78 is 27.5. The van der Waals surface area contributed by atoms with E-state index >= 15 is 0 Å². The zero-order valence-electron chi connectivity index (χ0n) is 18.0. The standard InChI is InChI=1S/C25H23ClF2N2O2/c1-13-21(24(32)30-18-9-8-14(27)10-17(18)28)22(15-6-4-5-7-16(15)26)23-19(29-13)11-25(2,3)12-20(23)31/h4-10,21-22H,11-12H2,1-3H3,(H,30,32)/t21?,22-/m0/s1. The van der Waals surface area contributed by atoms with Crippen LogP contribution in [-0.2, 0) is 9.59 Å². The summed E-state index contributed by atoms with van der Waals surface area (Å²) in [4.78, 5) is 31.3. The number of rotatable bonds is 3. The fourth-order valence-electron chi connectivity index (χ4n) is 4.65. The summed E-state index contributed by atoms with van der Waals surface area (Å²) in [5.74, 6) is -3.75. The molecule has 1 N–H and O–H groups in total. The van der Waals surface area contributed by atoms with Crippen LogP contribution in [0.5, 0.6) is 0 Å². The summed E-state index contributed by atoms with van der Waals surface area (Å²) in [6.45, 7) is 5.76. The van der Waals surface area contributed by atoms with Crippen molar-refractivity contribution in [2.75, 3.05) is 5.32 Å². The largest absolute Gasteiger partial charge is 0.323 e. The van der Waals surface area contributed by atoms with Crippen LogP contribution in [0.1, 0.15) is 45.1 Å². The van der Waals surface area contributed by atoms with E-state index in [4.69, 9.17) is 11.6 Å². The molecule has 166 valence electrons. The molecule has 0 aromatic heterocycles. The van der Waals surface area contributed by atoms with Gasteiger partial charge >= 0.3 is 0 Å². The first-order chi connectivity index (χ1) is 15.1. The Bertz CT molecular complexity index is 1190. The molecule has 1 aliphatic carbocycles. The molecule has 0 bridgehead atoms. The molecule has 0 saturated heterocycles. The van der Waals surface area contributed by atoms with Gasteiger partial charge in [-0.1, -0.05) is 43.6 Å². The third-order valence-electron chi connectivity index (χ3n) is 6.01. The maximum Gasteiger partial charge on any atom is 0.234 e. The normalized spacial score (nSPS) is 22.3. The number of carbonyl (C=O) groups excluding carboxylic acids is 2. The number of carbonyl (C=O) groups is 2. The van der Waals surface area contributed by atoms with Crippen molar-refractivity contribution in [2.45, 2.75) is 39.5 Å². The third-order valence-corrected chi connectivity index (χ3v) is 6.36. The highest BCUT2D eigenvalue weighted by molar-refractivity contribution is 6.31. The van der Waals surface area contributed by atoms with Gasteiger partial charge in [0.1, 0.15) is 11.6 Å². The topological polar surface area (TPSA) is 58.5 Å². The quantitative estimate of drug-likeness (QED) is 0.609. The van der Waals surface area contributed by atoms with E-state index in [9.17, 15) is 18.4 Å². The number of nitrogens with one attached hydrogen (secondary N) is 1. The second-order valence-electron chi connectivity index (χ2n) is 9.14. The molecule has 2 atom stereocenters. The van der Waals surface area contributed by atoms with Crippen LogP contribution >= 0.6 is 11.6 Å². The molecule has 0 saturated carbocycles. The lowest BCUT2D eigenvalue weighted by Gasteiger charge is -2.39. The van der Waals surface area contributed by atoms with Crippen molar-refractivity contribution in [3.05, 3.63) is 76.0 Å². The Morgan fingerprint density at radius 2 is 1.88 bits per heavy atom. The molecule has 4 rings (SSSR count). The van der Waals surface area contributed by atoms with Crippen molar-refractivity contribution in [1.29, 1.82) is 0 Å². The van der Waals surface area contributed by atoms with E-state index in [0.29, 0.717) is 46.5 Å². The number of Topliss-reactive ketones (excluding diaryl/α,β-unsaturated/α-hetero) is 1. The molecule has 2 aliphatic rings. The Morgan fingerprint density at radius 3 is 2.56 bits per heavy atom. The van der Waals surface area contributed by atoms with E-state index in [1.807, 2.05) is 13.8 Å². The summed E-state index contributed by atoms with van der Waals surface area (Å²) in [6.07, 6.45) is 0.940. The molecule has 32 heavy (non-hydrogen) atoms. The molecule has 2 aromatic carbocycles. The summed E-state index contributed by atoms with van der Waals surface area (Å²) in [5.41, 5.74) is 1.94. The van der Waals surface area contributed by atoms with Crippen LogP contribution < -0.4 is 5.32 Å². The maximum atomic E-state index is 14.2. The van der Waals surface area contributed by atoms with Gasteiger partial charge in [-0.2, -0.15) is 0 Å². The number of anilines is 1. The molecule has 4 nitrogen and oxygen atoms in total. The Balaban J connectivity index is 1.82. The number of hydrogen-bond acceptors (Lipinski definition) is 3. The van der Waals surface area contributed by atoms with Crippen LogP contribution in [0.25, 0.3) is 0 Å². The Hall–Kier alpha value is -2.86. The number of allylic oxidation sites excluding steroid dienone is 2. The molecule has 1 heterocycles. The molecule has 1 unspecified atom stereocenters. The number of hydrogen-bond donors (Lipinski definition) is 1. The van der Waals surface area contributed by atoms with Gasteiger partial charge < -0.3 is 5.32 Å². The molecule has 1 amide bonds. The molecule has 1 aliphatic heterocycles. The van der Waals surface area contributed by atoms with Crippen molar-refractivity contribution in [2.24, 2.45) is 16.3 Å². The van der Waals surface area contributed by atoms with Crippen molar-refractivity contribution >= 4 is 34.7 Å². The van der Waals surface area contributed by atoms with E-state index in [2.05, 4.69) is 10.3 Å². The second-order valence-corrected chi connectivity index (χ2v) is 9.55. The molecule has 0 spiro atoms. The number of halogens is 3. The van der Waals surface area contributed by atoms with E-state index in [0.717, 1.165) is 6.07 Å². The smallest absolute Gasteiger partial charge is 0.234 e. The predicted octanol–water partition coefficient (Wildman–Crippen LogP) is 6.07. The third kappa shape index (κ3) is 4.11. The van der Waals surface area contributed by atoms with Crippen LogP contribution in [-0.4, -0.2) is 17.4 Å². The van der Waals surface area contributed by atoms with Crippen LogP contribution in [0.15, 0.2) is 58.7 Å². The lowest BCUT2D eigenvalue weighted by Crippen LogP contribution is -2.41. The van der Waals surface area contributed by atoms with Crippen molar-refractivity contribution in [1.82, 2.24) is 0 Å². The molecule has 2 aromatic rings. The molecule has 7 heteroatoms. The fourth-order valence-corrected chi connectivity index (χ4v) is 4.90. The van der Waals surface area contributed by atoms with Crippen LogP contribution in [0, 0.1) is 23.0 Å². The zero-order chi connectivity index (χ0) is 23.2. The lowest BCUT2D eigenvalue weighted by molar-refractivity contribution is -0.119. The van der Waals surface area contributed by atoms with E-state index < -0.39 is 29.4 Å². The average Bonchev–Trinajstić information content (AvgIpc) is 2.68. The highest BCUT2D eigenvalue weighted by Crippen LogP contribution is 2.49. The molecular weight excluding hydrogens is 434 g/mol. The second kappa shape index (κ2) is 8.24. The van der Waals surface area contributed by atoms with Gasteiger partial charge in [0.2, 0.25) is 5.91 Å². The van der Waals surface area contributed by atoms with Gasteiger partial charge in [0.05, 0.1) is 11.6 Å². The van der Waals surface area contributed by atoms with Crippen molar-refractivity contribution < 1.29 is 18.4 Å². The Labute approximate surface area is 190 Å². The number of benzene rings is 2. The van der Waals surface area contributed by atoms with Gasteiger partial charge in [0, 0.05) is 40.4 Å². The predicted molar refractivity (Wildman–Crippen MR) is 121 cm³/mol. The minimum Gasteiger partial charge on any atom is -0.323 e. The summed E-state index contributed by atoms with van der Waals surface area (Å²) in [5, 5.41) is 2.98. The van der Waals surface area contributed by atoms with E-state index in [1.54, 1.807) is 31.2 Å². The first-order valence-corrected chi connectivity index (χ1v) is 10.8. The molecular formula is C25H23ClF2N2O2. The SMILES string of the molecule is CC1=NC2=C(C(=O)CC(C)(C)C2)[C@@H](c2ccccc2Cl)C1C(=O)Nc1ccc(F)cc1F. The summed E-state index contributed by atoms with van der Waals surface area (Å²) >= 11 is 6.51. The van der Waals surface area contributed by atoms with Gasteiger partial charge in [0.15, 0.2) is 5.78 Å². The fraction of sp³-hybridized carbons (Fsp3) is 0.320. The number of aliphatic imine (C=N–C) groups is 1.